The van der Waals surface area contributed by atoms with E-state index in [1.165, 1.54) is 12.1 Å². The van der Waals surface area contributed by atoms with Crippen LogP contribution in [-0.4, -0.2) is 55.7 Å². The Morgan fingerprint density at radius 1 is 0.892 bits per heavy atom. The Labute approximate surface area is 215 Å². The van der Waals surface area contributed by atoms with Crippen molar-refractivity contribution in [3.05, 3.63) is 102 Å². The van der Waals surface area contributed by atoms with Crippen LogP contribution in [0.2, 0.25) is 0 Å². The molecule has 0 saturated carbocycles. The Hall–Kier alpha value is -3.88. The molecule has 3 saturated heterocycles. The number of phenolic OH excluding ortho intramolecular Hbond substituents is 2. The normalized spacial score (nSPS) is 23.2. The highest BCUT2D eigenvalue weighted by molar-refractivity contribution is 5.43. The van der Waals surface area contributed by atoms with Gasteiger partial charge in [0.15, 0.2) is 29.7 Å². The average Bonchev–Trinajstić information content (AvgIpc) is 3.40. The first-order chi connectivity index (χ1) is 18.0. The highest BCUT2D eigenvalue weighted by atomic mass is 16.5. The molecule has 0 radical (unpaired) electrons. The highest BCUT2D eigenvalue weighted by Gasteiger charge is 2.48. The van der Waals surface area contributed by atoms with Crippen molar-refractivity contribution in [3.63, 3.8) is 0 Å². The third kappa shape index (κ3) is 4.32. The van der Waals surface area contributed by atoms with Crippen molar-refractivity contribution in [2.75, 3.05) is 19.6 Å². The summed E-state index contributed by atoms with van der Waals surface area (Å²) in [6.07, 6.45) is 2.03. The molecule has 0 spiro atoms. The number of aliphatic hydroxyl groups is 1. The summed E-state index contributed by atoms with van der Waals surface area (Å²) in [4.78, 5) is 4.72. The Balaban J connectivity index is 1.25. The van der Waals surface area contributed by atoms with Gasteiger partial charge in [-0.25, -0.2) is 0 Å². The molecule has 2 bridgehead atoms. The number of ether oxygens (including phenoxy) is 1. The van der Waals surface area contributed by atoms with Gasteiger partial charge in [-0.1, -0.05) is 65.8 Å². The molecule has 8 heteroatoms. The summed E-state index contributed by atoms with van der Waals surface area (Å²) in [6.45, 7) is 3.32. The first kappa shape index (κ1) is 23.5. The van der Waals surface area contributed by atoms with E-state index < -0.39 is 5.60 Å². The summed E-state index contributed by atoms with van der Waals surface area (Å²) < 4.78 is 12.8. The zero-order valence-corrected chi connectivity index (χ0v) is 20.4. The number of phenols is 2. The molecule has 8 nitrogen and oxygen atoms in total. The quantitative estimate of drug-likeness (QED) is 0.260. The molecule has 1 aromatic heterocycles. The van der Waals surface area contributed by atoms with Crippen LogP contribution < -0.4 is 4.74 Å². The molecule has 190 valence electrons. The maximum atomic E-state index is 12.0. The molecule has 1 atom stereocenters. The van der Waals surface area contributed by atoms with Crippen molar-refractivity contribution in [3.8, 4) is 17.2 Å². The smallest absolute Gasteiger partial charge is 0.282 e. The maximum absolute atomic E-state index is 12.0. The molecule has 3 fully saturated rings. The minimum absolute atomic E-state index is 0.0144. The first-order valence-corrected chi connectivity index (χ1v) is 12.7. The van der Waals surface area contributed by atoms with Gasteiger partial charge in [-0.2, -0.15) is 4.98 Å². The van der Waals surface area contributed by atoms with Gasteiger partial charge >= 0.3 is 0 Å². The van der Waals surface area contributed by atoms with Crippen LogP contribution in [0.25, 0.3) is 0 Å². The van der Waals surface area contributed by atoms with Gasteiger partial charge in [0.2, 0.25) is 5.82 Å². The third-order valence-corrected chi connectivity index (χ3v) is 7.92. The highest BCUT2D eigenvalue weighted by Crippen LogP contribution is 2.39. The molecule has 0 amide bonds. The van der Waals surface area contributed by atoms with Gasteiger partial charge in [0.05, 0.1) is 13.1 Å². The standard InChI is InChI=1S/C29H29N3O5/c33-24-12-11-23(17-25(24)34)36-26-18-32(15-13-20(26)14-16-32)19-27-30-28(31-37-27)29(35,21-7-3-1-4-8-21)22-9-5-2-6-10-22/h1-12,17,20,26,35H,13-16,18-19H2,(H-,33,34)/p+1/t20?,26-,32?/m0/s1. The van der Waals surface area contributed by atoms with Crippen LogP contribution in [-0.2, 0) is 12.1 Å². The Morgan fingerprint density at radius 3 is 2.16 bits per heavy atom. The second kappa shape index (κ2) is 9.21. The third-order valence-electron chi connectivity index (χ3n) is 7.92. The Morgan fingerprint density at radius 2 is 1.54 bits per heavy atom. The van der Waals surface area contributed by atoms with Gasteiger partial charge in [0, 0.05) is 24.8 Å². The van der Waals surface area contributed by atoms with Crippen LogP contribution in [0.1, 0.15) is 35.7 Å². The minimum atomic E-state index is -1.54. The van der Waals surface area contributed by atoms with Crippen molar-refractivity contribution in [2.24, 2.45) is 5.92 Å². The van der Waals surface area contributed by atoms with E-state index in [0.29, 0.717) is 35.2 Å². The van der Waals surface area contributed by atoms with Gasteiger partial charge < -0.3 is 29.1 Å². The van der Waals surface area contributed by atoms with Crippen LogP contribution in [0.15, 0.2) is 83.4 Å². The SMILES string of the molecule is Oc1ccc(O[C@H]2C[N+]3(Cc4nc(C(O)(c5ccccc5)c5ccccc5)no4)CCC2CC3)cc1O. The summed E-state index contributed by atoms with van der Waals surface area (Å²) >= 11 is 0. The molecule has 7 rings (SSSR count). The molecule has 0 unspecified atom stereocenters. The van der Waals surface area contributed by atoms with Gasteiger partial charge in [0.25, 0.3) is 5.89 Å². The molecule has 3 N–H and O–H groups in total. The van der Waals surface area contributed by atoms with Crippen molar-refractivity contribution >= 4 is 0 Å². The number of nitrogens with zero attached hydrogens (tertiary/aromatic N) is 3. The van der Waals surface area contributed by atoms with Crippen LogP contribution in [0, 0.1) is 5.92 Å². The number of aromatic hydroxyl groups is 2. The average molecular weight is 501 g/mol. The van der Waals surface area contributed by atoms with E-state index in [1.807, 2.05) is 60.7 Å². The van der Waals surface area contributed by atoms with E-state index in [2.05, 4.69) is 5.16 Å². The summed E-state index contributed by atoms with van der Waals surface area (Å²) in [6, 6.07) is 23.4. The van der Waals surface area contributed by atoms with Gasteiger partial charge in [-0.3, -0.25) is 0 Å². The predicted molar refractivity (Wildman–Crippen MR) is 135 cm³/mol. The van der Waals surface area contributed by atoms with E-state index in [0.717, 1.165) is 37.0 Å². The maximum Gasteiger partial charge on any atom is 0.282 e. The van der Waals surface area contributed by atoms with Gasteiger partial charge in [-0.15, -0.1) is 0 Å². The summed E-state index contributed by atoms with van der Waals surface area (Å²) in [7, 11) is 0. The molecule has 3 aliphatic heterocycles. The molecule has 3 aromatic carbocycles. The fourth-order valence-corrected chi connectivity index (χ4v) is 5.86. The number of hydrogen-bond donors (Lipinski definition) is 3. The van der Waals surface area contributed by atoms with Crippen LogP contribution in [0.3, 0.4) is 0 Å². The number of quaternary nitrogens is 1. The number of fused-ring (bicyclic) bond motifs is 3. The molecule has 0 aliphatic carbocycles. The van der Waals surface area contributed by atoms with Gasteiger partial charge in [0.1, 0.15) is 12.3 Å². The molecular formula is C29H30N3O5+. The number of aromatic nitrogens is 2. The first-order valence-electron chi connectivity index (χ1n) is 12.7. The molecule has 4 heterocycles. The summed E-state index contributed by atoms with van der Waals surface area (Å²) in [5.41, 5.74) is -0.193. The fraction of sp³-hybridized carbons (Fsp3) is 0.310. The number of rotatable bonds is 7. The minimum Gasteiger partial charge on any atom is -0.504 e. The van der Waals surface area contributed by atoms with Gasteiger partial charge in [-0.05, 0) is 23.3 Å². The Kier molecular flexibility index (Phi) is 5.85. The fourth-order valence-electron chi connectivity index (χ4n) is 5.86. The van der Waals surface area contributed by atoms with Crippen LogP contribution in [0.4, 0.5) is 0 Å². The van der Waals surface area contributed by atoms with E-state index in [4.69, 9.17) is 14.2 Å². The Bertz CT molecular complexity index is 1330. The summed E-state index contributed by atoms with van der Waals surface area (Å²) in [5.74, 6) is 1.34. The lowest BCUT2D eigenvalue weighted by Crippen LogP contribution is -2.64. The number of piperidine rings is 3. The largest absolute Gasteiger partial charge is 0.504 e. The lowest BCUT2D eigenvalue weighted by Gasteiger charge is -2.51. The lowest BCUT2D eigenvalue weighted by atomic mass is 9.83. The molecule has 4 aromatic rings. The monoisotopic (exact) mass is 500 g/mol. The molecule has 37 heavy (non-hydrogen) atoms. The van der Waals surface area contributed by atoms with E-state index >= 15 is 0 Å². The number of benzene rings is 3. The zero-order valence-electron chi connectivity index (χ0n) is 20.4. The van der Waals surface area contributed by atoms with E-state index in [9.17, 15) is 15.3 Å². The number of hydrogen-bond acceptors (Lipinski definition) is 7. The van der Waals surface area contributed by atoms with Crippen molar-refractivity contribution in [1.82, 2.24) is 10.1 Å². The zero-order chi connectivity index (χ0) is 25.5. The van der Waals surface area contributed by atoms with Crippen molar-refractivity contribution < 1.29 is 29.1 Å². The van der Waals surface area contributed by atoms with Crippen LogP contribution in [0.5, 0.6) is 17.2 Å². The second-order valence-corrected chi connectivity index (χ2v) is 10.2. The van der Waals surface area contributed by atoms with Crippen LogP contribution >= 0.6 is 0 Å². The second-order valence-electron chi connectivity index (χ2n) is 10.2. The van der Waals surface area contributed by atoms with E-state index in [-0.39, 0.29) is 23.4 Å². The molecular weight excluding hydrogens is 470 g/mol. The molecule has 3 aliphatic rings. The van der Waals surface area contributed by atoms with Crippen molar-refractivity contribution in [1.29, 1.82) is 0 Å². The van der Waals surface area contributed by atoms with E-state index in [1.54, 1.807) is 6.07 Å². The summed E-state index contributed by atoms with van der Waals surface area (Å²) in [5, 5.41) is 35.7. The lowest BCUT2D eigenvalue weighted by molar-refractivity contribution is -0.959. The van der Waals surface area contributed by atoms with Crippen molar-refractivity contribution in [2.45, 2.75) is 31.1 Å². The predicted octanol–water partition coefficient (Wildman–Crippen LogP) is 3.95. The topological polar surface area (TPSA) is 109 Å².